The Morgan fingerprint density at radius 3 is 3.05 bits per heavy atom. The van der Waals surface area contributed by atoms with E-state index < -0.39 is 0 Å². The minimum Gasteiger partial charge on any atom is -0.317 e. The highest BCUT2D eigenvalue weighted by Gasteiger charge is 2.29. The third-order valence-corrected chi connectivity index (χ3v) is 4.39. The molecule has 1 aromatic carbocycles. The van der Waals surface area contributed by atoms with Crippen LogP contribution in [0.4, 0.5) is 0 Å². The van der Waals surface area contributed by atoms with Crippen LogP contribution >= 0.6 is 0 Å². The summed E-state index contributed by atoms with van der Waals surface area (Å²) in [6.45, 7) is 4.41. The average Bonchev–Trinajstić information content (AvgIpc) is 2.92. The third-order valence-electron chi connectivity index (χ3n) is 4.39. The van der Waals surface area contributed by atoms with Gasteiger partial charge >= 0.3 is 0 Å². The first-order chi connectivity index (χ1) is 9.40. The van der Waals surface area contributed by atoms with E-state index in [0.29, 0.717) is 5.92 Å². The summed E-state index contributed by atoms with van der Waals surface area (Å²) >= 11 is 0. The molecule has 1 saturated carbocycles. The molecule has 0 spiro atoms. The first kappa shape index (κ1) is 12.6. The van der Waals surface area contributed by atoms with Crippen LogP contribution in [-0.2, 0) is 0 Å². The Morgan fingerprint density at radius 1 is 1.21 bits per heavy atom. The SMILES string of the molecule is CCNCC1CCCC1c1cccc2ncccc12. The standard InChI is InChI=1S/C17H22N2/c1-2-18-12-13-6-3-7-14(13)15-8-4-10-17-16(15)9-5-11-19-17/h4-5,8-11,13-14,18H,2-3,6-7,12H2,1H3. The number of fused-ring (bicyclic) bond motifs is 1. The summed E-state index contributed by atoms with van der Waals surface area (Å²) in [5, 5.41) is 4.87. The molecule has 2 atom stereocenters. The molecule has 0 aliphatic heterocycles. The summed E-state index contributed by atoms with van der Waals surface area (Å²) in [6.07, 6.45) is 5.92. The molecule has 0 radical (unpaired) electrons. The largest absolute Gasteiger partial charge is 0.317 e. The quantitative estimate of drug-likeness (QED) is 0.899. The molecular weight excluding hydrogens is 232 g/mol. The minimum absolute atomic E-state index is 0.701. The number of benzene rings is 1. The Balaban J connectivity index is 1.94. The van der Waals surface area contributed by atoms with Gasteiger partial charge in [0.05, 0.1) is 5.52 Å². The van der Waals surface area contributed by atoms with E-state index >= 15 is 0 Å². The van der Waals surface area contributed by atoms with Crippen LogP contribution in [0.3, 0.4) is 0 Å². The summed E-state index contributed by atoms with van der Waals surface area (Å²) in [4.78, 5) is 4.48. The lowest BCUT2D eigenvalue weighted by Crippen LogP contribution is -2.24. The minimum atomic E-state index is 0.701. The summed E-state index contributed by atoms with van der Waals surface area (Å²) < 4.78 is 0. The molecule has 1 fully saturated rings. The topological polar surface area (TPSA) is 24.9 Å². The predicted molar refractivity (Wildman–Crippen MR) is 80.4 cm³/mol. The lowest BCUT2D eigenvalue weighted by Gasteiger charge is -2.21. The van der Waals surface area contributed by atoms with E-state index in [1.807, 2.05) is 6.20 Å². The van der Waals surface area contributed by atoms with Gasteiger partial charge in [-0.25, -0.2) is 0 Å². The highest BCUT2D eigenvalue weighted by molar-refractivity contribution is 5.82. The van der Waals surface area contributed by atoms with Gasteiger partial charge in [-0.05, 0) is 55.5 Å². The zero-order valence-corrected chi connectivity index (χ0v) is 11.6. The molecule has 3 rings (SSSR count). The van der Waals surface area contributed by atoms with E-state index in [1.54, 1.807) is 0 Å². The fourth-order valence-electron chi connectivity index (χ4n) is 3.47. The van der Waals surface area contributed by atoms with Gasteiger partial charge in [0.15, 0.2) is 0 Å². The Kier molecular flexibility index (Phi) is 3.79. The summed E-state index contributed by atoms with van der Waals surface area (Å²) in [6, 6.07) is 10.9. The second-order valence-electron chi connectivity index (χ2n) is 5.52. The molecule has 19 heavy (non-hydrogen) atoms. The van der Waals surface area contributed by atoms with Crippen molar-refractivity contribution in [2.75, 3.05) is 13.1 Å². The molecule has 2 heteroatoms. The summed E-state index contributed by atoms with van der Waals surface area (Å²) in [5.74, 6) is 1.48. The number of nitrogens with zero attached hydrogens (tertiary/aromatic N) is 1. The molecule has 1 aliphatic rings. The van der Waals surface area contributed by atoms with Gasteiger partial charge in [-0.2, -0.15) is 0 Å². The Morgan fingerprint density at radius 2 is 2.16 bits per heavy atom. The van der Waals surface area contributed by atoms with Crippen molar-refractivity contribution >= 4 is 10.9 Å². The summed E-state index contributed by atoms with van der Waals surface area (Å²) in [7, 11) is 0. The van der Waals surface area contributed by atoms with Gasteiger partial charge in [0, 0.05) is 11.6 Å². The van der Waals surface area contributed by atoms with Crippen molar-refractivity contribution in [2.24, 2.45) is 5.92 Å². The zero-order chi connectivity index (χ0) is 13.1. The lowest BCUT2D eigenvalue weighted by molar-refractivity contribution is 0.452. The number of nitrogens with one attached hydrogen (secondary N) is 1. The van der Waals surface area contributed by atoms with Crippen molar-refractivity contribution in [3.8, 4) is 0 Å². The van der Waals surface area contributed by atoms with E-state index in [-0.39, 0.29) is 0 Å². The predicted octanol–water partition coefficient (Wildman–Crippen LogP) is 3.73. The van der Waals surface area contributed by atoms with E-state index in [0.717, 1.165) is 24.5 Å². The molecule has 2 unspecified atom stereocenters. The molecule has 1 aromatic heterocycles. The Labute approximate surface area is 115 Å². The second-order valence-corrected chi connectivity index (χ2v) is 5.52. The van der Waals surface area contributed by atoms with Crippen LogP contribution in [0.2, 0.25) is 0 Å². The molecule has 1 aliphatic carbocycles. The van der Waals surface area contributed by atoms with Gasteiger partial charge in [-0.1, -0.05) is 31.5 Å². The Bertz CT molecular complexity index is 544. The van der Waals surface area contributed by atoms with Crippen LogP contribution in [0.15, 0.2) is 36.5 Å². The zero-order valence-electron chi connectivity index (χ0n) is 11.6. The fraction of sp³-hybridized carbons (Fsp3) is 0.471. The molecule has 100 valence electrons. The third kappa shape index (κ3) is 2.50. The average molecular weight is 254 g/mol. The maximum atomic E-state index is 4.48. The Hall–Kier alpha value is -1.41. The molecule has 0 saturated heterocycles. The molecule has 2 aromatic rings. The van der Waals surface area contributed by atoms with Gasteiger partial charge in [0.25, 0.3) is 0 Å². The van der Waals surface area contributed by atoms with Crippen molar-refractivity contribution in [3.63, 3.8) is 0 Å². The number of pyridine rings is 1. The first-order valence-electron chi connectivity index (χ1n) is 7.44. The highest BCUT2D eigenvalue weighted by atomic mass is 14.8. The van der Waals surface area contributed by atoms with Crippen LogP contribution in [0, 0.1) is 5.92 Å². The maximum Gasteiger partial charge on any atom is 0.0704 e. The monoisotopic (exact) mass is 254 g/mol. The molecule has 1 heterocycles. The molecule has 0 amide bonds. The van der Waals surface area contributed by atoms with Gasteiger partial charge in [0.1, 0.15) is 0 Å². The smallest absolute Gasteiger partial charge is 0.0704 e. The van der Waals surface area contributed by atoms with E-state index in [1.165, 1.54) is 30.2 Å². The van der Waals surface area contributed by atoms with E-state index in [2.05, 4.69) is 47.6 Å². The number of rotatable bonds is 4. The first-order valence-corrected chi connectivity index (χ1v) is 7.44. The molecule has 0 bridgehead atoms. The number of aromatic nitrogens is 1. The van der Waals surface area contributed by atoms with E-state index in [4.69, 9.17) is 0 Å². The van der Waals surface area contributed by atoms with Gasteiger partial charge in [0.2, 0.25) is 0 Å². The van der Waals surface area contributed by atoms with Crippen LogP contribution < -0.4 is 5.32 Å². The maximum absolute atomic E-state index is 4.48. The highest BCUT2D eigenvalue weighted by Crippen LogP contribution is 2.41. The van der Waals surface area contributed by atoms with Crippen LogP contribution in [0.25, 0.3) is 10.9 Å². The lowest BCUT2D eigenvalue weighted by atomic mass is 9.86. The molecular formula is C17H22N2. The summed E-state index contributed by atoms with van der Waals surface area (Å²) in [5.41, 5.74) is 2.64. The second kappa shape index (κ2) is 5.70. The number of hydrogen-bond donors (Lipinski definition) is 1. The normalized spacial score (nSPS) is 23.0. The molecule has 2 nitrogen and oxygen atoms in total. The van der Waals surface area contributed by atoms with Crippen molar-refractivity contribution in [1.82, 2.24) is 10.3 Å². The van der Waals surface area contributed by atoms with Crippen molar-refractivity contribution in [3.05, 3.63) is 42.1 Å². The van der Waals surface area contributed by atoms with Crippen molar-refractivity contribution in [1.29, 1.82) is 0 Å². The van der Waals surface area contributed by atoms with Gasteiger partial charge < -0.3 is 5.32 Å². The van der Waals surface area contributed by atoms with Crippen LogP contribution in [0.1, 0.15) is 37.7 Å². The van der Waals surface area contributed by atoms with Gasteiger partial charge in [-0.3, -0.25) is 4.98 Å². The molecule has 1 N–H and O–H groups in total. The van der Waals surface area contributed by atoms with Crippen molar-refractivity contribution in [2.45, 2.75) is 32.1 Å². The number of hydrogen-bond acceptors (Lipinski definition) is 2. The fourth-order valence-corrected chi connectivity index (χ4v) is 3.47. The van der Waals surface area contributed by atoms with E-state index in [9.17, 15) is 0 Å². The van der Waals surface area contributed by atoms with Gasteiger partial charge in [-0.15, -0.1) is 0 Å². The van der Waals surface area contributed by atoms with Crippen LogP contribution in [0.5, 0.6) is 0 Å². The van der Waals surface area contributed by atoms with Crippen molar-refractivity contribution < 1.29 is 0 Å². The van der Waals surface area contributed by atoms with Crippen LogP contribution in [-0.4, -0.2) is 18.1 Å².